The Hall–Kier alpha value is -1.31. The summed E-state index contributed by atoms with van der Waals surface area (Å²) in [5, 5.41) is 3.09. The zero-order valence-electron chi connectivity index (χ0n) is 12.0. The average Bonchev–Trinajstić information content (AvgIpc) is 2.40. The molecule has 0 aliphatic heterocycles. The number of carbonyl (C=O) groups is 1. The Morgan fingerprint density at radius 1 is 1.11 bits per heavy atom. The molecular weight excluding hydrogens is 222 g/mol. The molecule has 1 atom stereocenters. The van der Waals surface area contributed by atoms with Crippen molar-refractivity contribution in [3.8, 4) is 0 Å². The van der Waals surface area contributed by atoms with Crippen molar-refractivity contribution < 1.29 is 4.79 Å². The molecule has 0 saturated heterocycles. The first-order valence-electron chi connectivity index (χ1n) is 7.03. The molecule has 0 fully saturated rings. The van der Waals surface area contributed by atoms with E-state index in [1.54, 1.807) is 0 Å². The molecule has 18 heavy (non-hydrogen) atoms. The fraction of sp³-hybridized carbons (Fsp3) is 0.562. The van der Waals surface area contributed by atoms with Crippen LogP contribution in [0.15, 0.2) is 24.3 Å². The van der Waals surface area contributed by atoms with E-state index in [1.165, 1.54) is 5.56 Å². The van der Waals surface area contributed by atoms with Gasteiger partial charge in [0, 0.05) is 11.6 Å². The smallest absolute Gasteiger partial charge is 0.227 e. The van der Waals surface area contributed by atoms with Gasteiger partial charge in [0.15, 0.2) is 0 Å². The molecule has 1 aromatic rings. The van der Waals surface area contributed by atoms with Crippen LogP contribution in [-0.4, -0.2) is 5.91 Å². The van der Waals surface area contributed by atoms with Crippen LogP contribution in [0.25, 0.3) is 0 Å². The molecule has 2 nitrogen and oxygen atoms in total. The lowest BCUT2D eigenvalue weighted by Crippen LogP contribution is -2.22. The van der Waals surface area contributed by atoms with Crippen LogP contribution in [0.2, 0.25) is 0 Å². The first-order valence-corrected chi connectivity index (χ1v) is 7.03. The molecule has 0 spiro atoms. The molecule has 0 heterocycles. The first kappa shape index (κ1) is 14.7. The van der Waals surface area contributed by atoms with E-state index in [4.69, 9.17) is 0 Å². The van der Waals surface area contributed by atoms with E-state index in [-0.39, 0.29) is 11.8 Å². The second-order valence-corrected chi connectivity index (χ2v) is 4.90. The van der Waals surface area contributed by atoms with Gasteiger partial charge < -0.3 is 5.32 Å². The molecule has 0 aromatic heterocycles. The van der Waals surface area contributed by atoms with Gasteiger partial charge >= 0.3 is 0 Å². The molecule has 1 amide bonds. The minimum atomic E-state index is 0.120. The molecule has 0 aliphatic rings. The molecule has 0 unspecified atom stereocenters. The highest BCUT2D eigenvalue weighted by Gasteiger charge is 2.16. The van der Waals surface area contributed by atoms with Crippen LogP contribution in [0.3, 0.4) is 0 Å². The Balaban J connectivity index is 2.87. The van der Waals surface area contributed by atoms with Gasteiger partial charge in [-0.15, -0.1) is 0 Å². The Morgan fingerprint density at radius 3 is 2.28 bits per heavy atom. The Labute approximate surface area is 111 Å². The fourth-order valence-electron chi connectivity index (χ4n) is 2.15. The van der Waals surface area contributed by atoms with Crippen molar-refractivity contribution in [1.82, 2.24) is 0 Å². The predicted octanol–water partition coefficient (Wildman–Crippen LogP) is 4.57. The number of benzene rings is 1. The Morgan fingerprint density at radius 2 is 1.72 bits per heavy atom. The molecule has 0 radical (unpaired) electrons. The summed E-state index contributed by atoms with van der Waals surface area (Å²) in [6.07, 6.45) is 2.87. The molecule has 1 rings (SSSR count). The zero-order chi connectivity index (χ0) is 13.5. The highest BCUT2D eigenvalue weighted by atomic mass is 16.1. The van der Waals surface area contributed by atoms with Gasteiger partial charge in [-0.1, -0.05) is 45.9 Å². The molecule has 1 aromatic carbocycles. The Bertz CT molecular complexity index is 382. The highest BCUT2D eigenvalue weighted by Crippen LogP contribution is 2.27. The van der Waals surface area contributed by atoms with Gasteiger partial charge in [0.2, 0.25) is 5.91 Å². The lowest BCUT2D eigenvalue weighted by atomic mass is 9.96. The normalized spacial score (nSPS) is 12.5. The third kappa shape index (κ3) is 3.59. The standard InChI is InChI=1S/C16H25NO/c1-5-12(4)14-10-8-9-11-15(14)17-16(18)13(6-2)7-3/h8-13H,5-7H2,1-4H3,(H,17,18)/t12-/m1/s1. The van der Waals surface area contributed by atoms with Crippen LogP contribution in [0.1, 0.15) is 58.4 Å². The summed E-state index contributed by atoms with van der Waals surface area (Å²) in [6.45, 7) is 8.49. The number of carbonyl (C=O) groups excluding carboxylic acids is 1. The van der Waals surface area contributed by atoms with E-state index in [9.17, 15) is 4.79 Å². The maximum atomic E-state index is 12.1. The van der Waals surface area contributed by atoms with Gasteiger partial charge in [-0.2, -0.15) is 0 Å². The maximum Gasteiger partial charge on any atom is 0.227 e. The maximum absolute atomic E-state index is 12.1. The van der Waals surface area contributed by atoms with Crippen LogP contribution in [0.5, 0.6) is 0 Å². The van der Waals surface area contributed by atoms with Gasteiger partial charge in [-0.25, -0.2) is 0 Å². The van der Waals surface area contributed by atoms with Crippen LogP contribution in [0, 0.1) is 5.92 Å². The molecule has 1 N–H and O–H groups in total. The fourth-order valence-corrected chi connectivity index (χ4v) is 2.15. The molecular formula is C16H25NO. The van der Waals surface area contributed by atoms with Crippen molar-refractivity contribution in [3.05, 3.63) is 29.8 Å². The zero-order valence-corrected chi connectivity index (χ0v) is 12.0. The molecule has 2 heteroatoms. The number of nitrogens with one attached hydrogen (secondary N) is 1. The minimum Gasteiger partial charge on any atom is -0.326 e. The van der Waals surface area contributed by atoms with Crippen LogP contribution in [-0.2, 0) is 4.79 Å². The molecule has 0 aliphatic carbocycles. The van der Waals surface area contributed by atoms with E-state index in [0.29, 0.717) is 5.92 Å². The lowest BCUT2D eigenvalue weighted by molar-refractivity contribution is -0.120. The van der Waals surface area contributed by atoms with Crippen molar-refractivity contribution in [2.24, 2.45) is 5.92 Å². The van der Waals surface area contributed by atoms with Crippen LogP contribution < -0.4 is 5.32 Å². The van der Waals surface area contributed by atoms with Gasteiger partial charge in [0.1, 0.15) is 0 Å². The van der Waals surface area contributed by atoms with Gasteiger partial charge in [-0.3, -0.25) is 4.79 Å². The van der Waals surface area contributed by atoms with Crippen LogP contribution >= 0.6 is 0 Å². The number of amides is 1. The third-order valence-electron chi connectivity index (χ3n) is 3.72. The highest BCUT2D eigenvalue weighted by molar-refractivity contribution is 5.93. The average molecular weight is 247 g/mol. The van der Waals surface area contributed by atoms with Crippen molar-refractivity contribution in [3.63, 3.8) is 0 Å². The monoisotopic (exact) mass is 247 g/mol. The third-order valence-corrected chi connectivity index (χ3v) is 3.72. The lowest BCUT2D eigenvalue weighted by Gasteiger charge is -2.18. The molecule has 0 bridgehead atoms. The quantitative estimate of drug-likeness (QED) is 0.783. The van der Waals surface area contributed by atoms with Crippen LogP contribution in [0.4, 0.5) is 5.69 Å². The van der Waals surface area contributed by atoms with Crippen molar-refractivity contribution in [2.45, 2.75) is 52.9 Å². The summed E-state index contributed by atoms with van der Waals surface area (Å²) in [5.74, 6) is 0.744. The SMILES string of the molecule is CCC(CC)C(=O)Nc1ccccc1[C@H](C)CC. The Kier molecular flexibility index (Phi) is 5.90. The summed E-state index contributed by atoms with van der Waals surface area (Å²) in [6, 6.07) is 8.13. The molecule has 100 valence electrons. The van der Waals surface area contributed by atoms with E-state index in [0.717, 1.165) is 24.9 Å². The largest absolute Gasteiger partial charge is 0.326 e. The van der Waals surface area contributed by atoms with E-state index < -0.39 is 0 Å². The van der Waals surface area contributed by atoms with Crippen molar-refractivity contribution >= 4 is 11.6 Å². The molecule has 0 saturated carbocycles. The van der Waals surface area contributed by atoms with Gasteiger partial charge in [-0.05, 0) is 36.8 Å². The van der Waals surface area contributed by atoms with Gasteiger partial charge in [0.05, 0.1) is 0 Å². The first-order chi connectivity index (χ1) is 8.63. The summed E-state index contributed by atoms with van der Waals surface area (Å²) in [4.78, 5) is 12.1. The van der Waals surface area contributed by atoms with Crippen molar-refractivity contribution in [1.29, 1.82) is 0 Å². The summed E-state index contributed by atoms with van der Waals surface area (Å²) >= 11 is 0. The predicted molar refractivity (Wildman–Crippen MR) is 77.8 cm³/mol. The summed E-state index contributed by atoms with van der Waals surface area (Å²) < 4.78 is 0. The number of para-hydroxylation sites is 1. The van der Waals surface area contributed by atoms with Gasteiger partial charge in [0.25, 0.3) is 0 Å². The summed E-state index contributed by atoms with van der Waals surface area (Å²) in [5.41, 5.74) is 2.21. The topological polar surface area (TPSA) is 29.1 Å². The second kappa shape index (κ2) is 7.20. The minimum absolute atomic E-state index is 0.120. The number of anilines is 1. The number of hydrogen-bond donors (Lipinski definition) is 1. The summed E-state index contributed by atoms with van der Waals surface area (Å²) in [7, 11) is 0. The second-order valence-electron chi connectivity index (χ2n) is 4.90. The number of rotatable bonds is 6. The van der Waals surface area contributed by atoms with E-state index in [2.05, 4.69) is 39.1 Å². The van der Waals surface area contributed by atoms with E-state index in [1.807, 2.05) is 18.2 Å². The van der Waals surface area contributed by atoms with Crippen molar-refractivity contribution in [2.75, 3.05) is 5.32 Å². The van der Waals surface area contributed by atoms with E-state index >= 15 is 0 Å². The number of hydrogen-bond acceptors (Lipinski definition) is 1.